The van der Waals surface area contributed by atoms with Gasteiger partial charge in [-0.25, -0.2) is 0 Å². The van der Waals surface area contributed by atoms with Crippen LogP contribution in [0.25, 0.3) is 0 Å². The highest BCUT2D eigenvalue weighted by atomic mass is 19.4. The number of allylic oxidation sites excluding steroid dienone is 1. The van der Waals surface area contributed by atoms with Crippen LogP contribution in [0.5, 0.6) is 0 Å². The minimum absolute atomic E-state index is 0.585. The number of halogens is 3. The Morgan fingerprint density at radius 2 is 2.06 bits per heavy atom. The molecule has 0 spiro atoms. The van der Waals surface area contributed by atoms with Crippen molar-refractivity contribution in [3.63, 3.8) is 0 Å². The lowest BCUT2D eigenvalue weighted by atomic mass is 10.1. The second-order valence-electron chi connectivity index (χ2n) is 3.54. The summed E-state index contributed by atoms with van der Waals surface area (Å²) in [5, 5.41) is 0. The summed E-state index contributed by atoms with van der Waals surface area (Å²) < 4.78 is 37.7. The summed E-state index contributed by atoms with van der Waals surface area (Å²) in [5.74, 6) is -0.772. The van der Waals surface area contributed by atoms with Gasteiger partial charge in [0.25, 0.3) is 0 Å². The van der Waals surface area contributed by atoms with Crippen molar-refractivity contribution in [3.8, 4) is 0 Å². The van der Waals surface area contributed by atoms with Gasteiger partial charge in [-0.1, -0.05) is 0 Å². The predicted octanol–water partition coefficient (Wildman–Crippen LogP) is 2.36. The first-order valence-electron chi connectivity index (χ1n) is 4.73. The Bertz CT molecular complexity index is 439. The molecule has 0 amide bonds. The number of carbonyl (C=O) groups excluding carboxylic acids is 1. The Kier molecular flexibility index (Phi) is 3.88. The quantitative estimate of drug-likeness (QED) is 0.604. The van der Waals surface area contributed by atoms with Crippen LogP contribution >= 0.6 is 0 Å². The summed E-state index contributed by atoms with van der Waals surface area (Å²) >= 11 is 0. The third-order valence-corrected chi connectivity index (χ3v) is 1.87. The molecule has 0 N–H and O–H groups in total. The molecular weight excluding hydrogens is 233 g/mol. The van der Waals surface area contributed by atoms with Crippen molar-refractivity contribution in [2.24, 2.45) is 0 Å². The number of aromatic nitrogens is 1. The van der Waals surface area contributed by atoms with E-state index in [1.54, 1.807) is 19.0 Å². The zero-order valence-corrected chi connectivity index (χ0v) is 9.32. The fourth-order valence-corrected chi connectivity index (χ4v) is 1.13. The van der Waals surface area contributed by atoms with E-state index in [2.05, 4.69) is 4.98 Å². The van der Waals surface area contributed by atoms with Crippen molar-refractivity contribution >= 4 is 5.78 Å². The van der Waals surface area contributed by atoms with Gasteiger partial charge < -0.3 is 4.90 Å². The van der Waals surface area contributed by atoms with Crippen molar-refractivity contribution in [2.45, 2.75) is 6.18 Å². The molecule has 3 nitrogen and oxygen atoms in total. The lowest BCUT2D eigenvalue weighted by Crippen LogP contribution is -2.14. The topological polar surface area (TPSA) is 33.2 Å². The van der Waals surface area contributed by atoms with Gasteiger partial charge in [0, 0.05) is 32.6 Å². The zero-order valence-electron chi connectivity index (χ0n) is 9.32. The van der Waals surface area contributed by atoms with E-state index in [4.69, 9.17) is 0 Å². The highest BCUT2D eigenvalue weighted by Crippen LogP contribution is 2.31. The molecule has 0 atom stereocenters. The maximum Gasteiger partial charge on any atom is 0.418 e. The van der Waals surface area contributed by atoms with Crippen LogP contribution in [0.15, 0.2) is 30.6 Å². The molecule has 0 saturated carbocycles. The van der Waals surface area contributed by atoms with E-state index in [0.29, 0.717) is 0 Å². The Morgan fingerprint density at radius 1 is 1.41 bits per heavy atom. The third-order valence-electron chi connectivity index (χ3n) is 1.87. The standard InChI is InChI=1S/C11H11F3N2O/c1-16(2)7-5-9(17)10-8(11(12,13)14)4-3-6-15-10/h3-7H,1-2H3/b7-5-. The number of alkyl halides is 3. The number of ketones is 1. The second-order valence-corrected chi connectivity index (χ2v) is 3.54. The first-order chi connectivity index (χ1) is 7.82. The smallest absolute Gasteiger partial charge is 0.383 e. The van der Waals surface area contributed by atoms with Crippen LogP contribution in [0.1, 0.15) is 16.1 Å². The molecule has 1 rings (SSSR count). The van der Waals surface area contributed by atoms with E-state index in [1.807, 2.05) is 0 Å². The average Bonchev–Trinajstić information content (AvgIpc) is 2.24. The monoisotopic (exact) mass is 244 g/mol. The average molecular weight is 244 g/mol. The van der Waals surface area contributed by atoms with Crippen LogP contribution in [-0.4, -0.2) is 29.8 Å². The molecule has 1 aromatic rings. The highest BCUT2D eigenvalue weighted by Gasteiger charge is 2.35. The normalized spacial score (nSPS) is 11.8. The molecule has 1 aromatic heterocycles. The summed E-state index contributed by atoms with van der Waals surface area (Å²) in [7, 11) is 3.32. The summed E-state index contributed by atoms with van der Waals surface area (Å²) in [6, 6.07) is 1.99. The van der Waals surface area contributed by atoms with Gasteiger partial charge in [0.2, 0.25) is 5.78 Å². The molecule has 92 valence electrons. The Morgan fingerprint density at radius 3 is 2.59 bits per heavy atom. The molecular formula is C11H11F3N2O. The van der Waals surface area contributed by atoms with Gasteiger partial charge in [0.15, 0.2) is 0 Å². The van der Waals surface area contributed by atoms with Crippen molar-refractivity contribution in [3.05, 3.63) is 41.9 Å². The minimum atomic E-state index is -4.58. The molecule has 17 heavy (non-hydrogen) atoms. The summed E-state index contributed by atoms with van der Waals surface area (Å²) in [6.07, 6.45) is -0.994. The van der Waals surface area contributed by atoms with Crippen LogP contribution < -0.4 is 0 Å². The lowest BCUT2D eigenvalue weighted by Gasteiger charge is -2.09. The number of hydrogen-bond donors (Lipinski definition) is 0. The molecule has 0 bridgehead atoms. The molecule has 0 aliphatic rings. The van der Waals surface area contributed by atoms with Crippen molar-refractivity contribution in [1.29, 1.82) is 0 Å². The first-order valence-corrected chi connectivity index (χ1v) is 4.73. The fraction of sp³-hybridized carbons (Fsp3) is 0.273. The van der Waals surface area contributed by atoms with Crippen molar-refractivity contribution < 1.29 is 18.0 Å². The SMILES string of the molecule is CN(C)/C=C\C(=O)c1ncccc1C(F)(F)F. The maximum atomic E-state index is 12.6. The van der Waals surface area contributed by atoms with E-state index in [1.165, 1.54) is 6.20 Å². The van der Waals surface area contributed by atoms with Crippen molar-refractivity contribution in [1.82, 2.24) is 9.88 Å². The molecule has 0 radical (unpaired) electrons. The molecule has 0 fully saturated rings. The van der Waals surface area contributed by atoms with Crippen LogP contribution in [0.4, 0.5) is 13.2 Å². The second kappa shape index (κ2) is 4.99. The Balaban J connectivity index is 3.10. The lowest BCUT2D eigenvalue weighted by molar-refractivity contribution is -0.138. The van der Waals surface area contributed by atoms with Gasteiger partial charge in [0.1, 0.15) is 5.69 Å². The molecule has 0 unspecified atom stereocenters. The van der Waals surface area contributed by atoms with E-state index in [0.717, 1.165) is 24.4 Å². The molecule has 0 aliphatic heterocycles. The number of hydrogen-bond acceptors (Lipinski definition) is 3. The van der Waals surface area contributed by atoms with Crippen LogP contribution in [0, 0.1) is 0 Å². The Hall–Kier alpha value is -1.85. The maximum absolute atomic E-state index is 12.6. The van der Waals surface area contributed by atoms with Gasteiger partial charge in [0.05, 0.1) is 5.56 Å². The van der Waals surface area contributed by atoms with Gasteiger partial charge in [-0.2, -0.15) is 13.2 Å². The van der Waals surface area contributed by atoms with Crippen LogP contribution in [-0.2, 0) is 6.18 Å². The van der Waals surface area contributed by atoms with E-state index < -0.39 is 23.2 Å². The van der Waals surface area contributed by atoms with Crippen LogP contribution in [0.3, 0.4) is 0 Å². The molecule has 0 aliphatic carbocycles. The number of carbonyl (C=O) groups is 1. The van der Waals surface area contributed by atoms with Crippen LogP contribution in [0.2, 0.25) is 0 Å². The number of pyridine rings is 1. The van der Waals surface area contributed by atoms with Gasteiger partial charge >= 0.3 is 6.18 Å². The Labute approximate surface area is 96.6 Å². The fourth-order valence-electron chi connectivity index (χ4n) is 1.13. The summed E-state index contributed by atoms with van der Waals surface area (Å²) in [6.45, 7) is 0. The van der Waals surface area contributed by atoms with Crippen molar-refractivity contribution in [2.75, 3.05) is 14.1 Å². The molecule has 1 heterocycles. The first kappa shape index (κ1) is 13.2. The molecule has 6 heteroatoms. The third kappa shape index (κ3) is 3.58. The van der Waals surface area contributed by atoms with E-state index in [9.17, 15) is 18.0 Å². The molecule has 0 aromatic carbocycles. The highest BCUT2D eigenvalue weighted by molar-refractivity contribution is 6.04. The minimum Gasteiger partial charge on any atom is -0.383 e. The number of rotatable bonds is 3. The summed E-state index contributed by atoms with van der Waals surface area (Å²) in [4.78, 5) is 16.6. The molecule has 0 saturated heterocycles. The van der Waals surface area contributed by atoms with E-state index in [-0.39, 0.29) is 0 Å². The van der Waals surface area contributed by atoms with Gasteiger partial charge in [-0.3, -0.25) is 9.78 Å². The van der Waals surface area contributed by atoms with Gasteiger partial charge in [-0.15, -0.1) is 0 Å². The summed E-state index contributed by atoms with van der Waals surface area (Å²) in [5.41, 5.74) is -1.61. The van der Waals surface area contributed by atoms with E-state index >= 15 is 0 Å². The number of nitrogens with zero attached hydrogens (tertiary/aromatic N) is 2. The predicted molar refractivity (Wildman–Crippen MR) is 56.4 cm³/mol. The van der Waals surface area contributed by atoms with Gasteiger partial charge in [-0.05, 0) is 12.1 Å². The largest absolute Gasteiger partial charge is 0.418 e. The zero-order chi connectivity index (χ0) is 13.1.